The second-order valence-corrected chi connectivity index (χ2v) is 2.09. The van der Waals surface area contributed by atoms with Crippen LogP contribution in [0.15, 0.2) is 0 Å². The van der Waals surface area contributed by atoms with Gasteiger partial charge in [-0.15, -0.1) is 0 Å². The van der Waals surface area contributed by atoms with Gasteiger partial charge in [-0.3, -0.25) is 0 Å². The van der Waals surface area contributed by atoms with Crippen LogP contribution in [-0.2, 0) is 4.18 Å². The van der Waals surface area contributed by atoms with E-state index in [-0.39, 0.29) is 0 Å². The quantitative estimate of drug-likeness (QED) is 0.433. The lowest BCUT2D eigenvalue weighted by Crippen LogP contribution is -1.98. The highest BCUT2D eigenvalue weighted by Gasteiger charge is 2.00. The number of hydrogen-bond donors (Lipinski definition) is 2. The zero-order valence-corrected chi connectivity index (χ0v) is 5.01. The van der Waals surface area contributed by atoms with E-state index in [4.69, 9.17) is 10.2 Å². The van der Waals surface area contributed by atoms with Crippen LogP contribution in [0.2, 0.25) is 0 Å². The highest BCUT2D eigenvalue weighted by Crippen LogP contribution is 2.07. The van der Waals surface area contributed by atoms with E-state index in [9.17, 15) is 4.79 Å². The van der Waals surface area contributed by atoms with Gasteiger partial charge in [-0.05, 0) is 6.92 Å². The van der Waals surface area contributed by atoms with Gasteiger partial charge in [0.2, 0.25) is 0 Å². The molecule has 0 rings (SSSR count). The Hall–Kier alpha value is -0.420. The Balaban J connectivity index is 3.05. The third-order valence-electron chi connectivity index (χ3n) is 0.259. The van der Waals surface area contributed by atoms with Crippen LogP contribution in [0.1, 0.15) is 6.92 Å². The van der Waals surface area contributed by atoms with E-state index in [2.05, 4.69) is 4.18 Å². The highest BCUT2D eigenvalue weighted by molar-refractivity contribution is 7.95. The number of hydrogen-bond acceptors (Lipinski definition) is 4. The summed E-state index contributed by atoms with van der Waals surface area (Å²) >= 11 is 0.495. The average Bonchev–Trinajstić information content (AvgIpc) is 1.61. The standard InChI is InChI=1S/C3H6O4S/c1-2(4)8-7-3(5)6/h2,4H,1H3,(H,5,6). The average molecular weight is 138 g/mol. The maximum absolute atomic E-state index is 9.55. The summed E-state index contributed by atoms with van der Waals surface area (Å²) < 4.78 is 3.89. The van der Waals surface area contributed by atoms with E-state index >= 15 is 0 Å². The summed E-state index contributed by atoms with van der Waals surface area (Å²) in [4.78, 5) is 9.55. The van der Waals surface area contributed by atoms with Crippen molar-refractivity contribution in [2.24, 2.45) is 0 Å². The Morgan fingerprint density at radius 1 is 1.88 bits per heavy atom. The number of rotatable bonds is 2. The molecule has 0 aliphatic rings. The van der Waals surface area contributed by atoms with E-state index in [1.165, 1.54) is 6.92 Å². The van der Waals surface area contributed by atoms with Crippen molar-refractivity contribution in [1.82, 2.24) is 0 Å². The van der Waals surface area contributed by atoms with Gasteiger partial charge in [-0.25, -0.2) is 4.79 Å². The normalized spacial score (nSPS) is 12.8. The minimum absolute atomic E-state index is 0.495. The van der Waals surface area contributed by atoms with Gasteiger partial charge in [-0.2, -0.15) is 0 Å². The molecule has 5 heteroatoms. The molecular weight excluding hydrogens is 132 g/mol. The van der Waals surface area contributed by atoms with Crippen LogP contribution in [0.3, 0.4) is 0 Å². The Labute approximate surface area is 50.7 Å². The van der Waals surface area contributed by atoms with Gasteiger partial charge < -0.3 is 14.4 Å². The monoisotopic (exact) mass is 138 g/mol. The van der Waals surface area contributed by atoms with Crippen LogP contribution in [0.4, 0.5) is 4.79 Å². The molecule has 1 atom stereocenters. The summed E-state index contributed by atoms with van der Waals surface area (Å²) in [5.74, 6) is 0. The van der Waals surface area contributed by atoms with Crippen molar-refractivity contribution in [1.29, 1.82) is 0 Å². The van der Waals surface area contributed by atoms with Gasteiger partial charge in [0.1, 0.15) is 5.44 Å². The lowest BCUT2D eigenvalue weighted by Gasteiger charge is -1.97. The molecule has 0 amide bonds. The van der Waals surface area contributed by atoms with Crippen LogP contribution in [-0.4, -0.2) is 21.8 Å². The summed E-state index contributed by atoms with van der Waals surface area (Å²) in [6.07, 6.45) is -1.39. The molecule has 0 spiro atoms. The molecular formula is C3H6O4S. The molecule has 0 bridgehead atoms. The zero-order chi connectivity index (χ0) is 6.57. The Morgan fingerprint density at radius 3 is 2.50 bits per heavy atom. The number of aliphatic hydroxyl groups is 1. The minimum Gasteiger partial charge on any atom is -0.449 e. The lowest BCUT2D eigenvalue weighted by molar-refractivity contribution is 0.150. The van der Waals surface area contributed by atoms with Gasteiger partial charge in [0.25, 0.3) is 0 Å². The fraction of sp³-hybridized carbons (Fsp3) is 0.667. The summed E-state index contributed by atoms with van der Waals surface area (Å²) in [6, 6.07) is 0. The van der Waals surface area contributed by atoms with Gasteiger partial charge in [0.05, 0.1) is 12.0 Å². The maximum Gasteiger partial charge on any atom is 0.518 e. The van der Waals surface area contributed by atoms with Crippen LogP contribution >= 0.6 is 12.0 Å². The van der Waals surface area contributed by atoms with Crippen LogP contribution < -0.4 is 0 Å². The molecule has 4 nitrogen and oxygen atoms in total. The van der Waals surface area contributed by atoms with E-state index < -0.39 is 11.6 Å². The van der Waals surface area contributed by atoms with Gasteiger partial charge in [-0.1, -0.05) is 0 Å². The molecule has 8 heavy (non-hydrogen) atoms. The lowest BCUT2D eigenvalue weighted by atomic mass is 10.9. The second kappa shape index (κ2) is 3.57. The predicted octanol–water partition coefficient (Wildman–Crippen LogP) is 0.667. The molecule has 0 aliphatic heterocycles. The summed E-state index contributed by atoms with van der Waals surface area (Å²) in [6.45, 7) is 1.41. The molecule has 1 unspecified atom stereocenters. The van der Waals surface area contributed by atoms with Crippen molar-refractivity contribution < 1.29 is 19.2 Å². The van der Waals surface area contributed by atoms with E-state index in [0.29, 0.717) is 12.0 Å². The first kappa shape index (κ1) is 7.58. The van der Waals surface area contributed by atoms with Crippen molar-refractivity contribution in [3.63, 3.8) is 0 Å². The molecule has 0 radical (unpaired) electrons. The first-order chi connectivity index (χ1) is 3.63. The van der Waals surface area contributed by atoms with E-state index in [1.807, 2.05) is 0 Å². The SMILES string of the molecule is CC(O)SOC(=O)O. The van der Waals surface area contributed by atoms with Gasteiger partial charge >= 0.3 is 6.16 Å². The summed E-state index contributed by atoms with van der Waals surface area (Å²) in [5, 5.41) is 16.2. The zero-order valence-electron chi connectivity index (χ0n) is 4.20. The molecule has 0 aromatic rings. The Bertz CT molecular complexity index is 81.4. The van der Waals surface area contributed by atoms with Crippen LogP contribution in [0, 0.1) is 0 Å². The minimum atomic E-state index is -1.39. The van der Waals surface area contributed by atoms with Gasteiger partial charge in [0.15, 0.2) is 0 Å². The Morgan fingerprint density at radius 2 is 2.38 bits per heavy atom. The molecule has 0 saturated heterocycles. The molecule has 0 aromatic heterocycles. The fourth-order valence-corrected chi connectivity index (χ4v) is 0.332. The van der Waals surface area contributed by atoms with Crippen LogP contribution in [0.25, 0.3) is 0 Å². The number of aliphatic hydroxyl groups excluding tert-OH is 1. The van der Waals surface area contributed by atoms with Crippen molar-refractivity contribution in [2.75, 3.05) is 0 Å². The summed E-state index contributed by atoms with van der Waals surface area (Å²) in [5.41, 5.74) is -0.800. The van der Waals surface area contributed by atoms with Crippen molar-refractivity contribution in [3.8, 4) is 0 Å². The van der Waals surface area contributed by atoms with Crippen molar-refractivity contribution in [2.45, 2.75) is 12.4 Å². The Kier molecular flexibility index (Phi) is 3.38. The largest absolute Gasteiger partial charge is 0.518 e. The van der Waals surface area contributed by atoms with E-state index in [0.717, 1.165) is 0 Å². The second-order valence-electron chi connectivity index (χ2n) is 1.04. The van der Waals surface area contributed by atoms with E-state index in [1.54, 1.807) is 0 Å². The molecule has 0 fully saturated rings. The first-order valence-corrected chi connectivity index (χ1v) is 2.67. The smallest absolute Gasteiger partial charge is 0.449 e. The summed E-state index contributed by atoms with van der Waals surface area (Å²) in [7, 11) is 0. The molecule has 0 saturated carbocycles. The topological polar surface area (TPSA) is 66.8 Å². The third-order valence-corrected chi connectivity index (χ3v) is 0.776. The van der Waals surface area contributed by atoms with Gasteiger partial charge in [0, 0.05) is 0 Å². The third kappa shape index (κ3) is 5.58. The molecule has 48 valence electrons. The molecule has 0 heterocycles. The number of carboxylic acid groups (broad SMARTS) is 1. The number of carbonyl (C=O) groups is 1. The predicted molar refractivity (Wildman–Crippen MR) is 28.4 cm³/mol. The molecule has 2 N–H and O–H groups in total. The first-order valence-electron chi connectivity index (χ1n) is 1.87. The van der Waals surface area contributed by atoms with Crippen LogP contribution in [0.5, 0.6) is 0 Å². The fourth-order valence-electron chi connectivity index (χ4n) is 0.111. The molecule has 0 aliphatic carbocycles. The van der Waals surface area contributed by atoms with Crippen molar-refractivity contribution >= 4 is 18.2 Å². The molecule has 0 aromatic carbocycles. The van der Waals surface area contributed by atoms with Crippen molar-refractivity contribution in [3.05, 3.63) is 0 Å². The maximum atomic E-state index is 9.55. The highest BCUT2D eigenvalue weighted by atomic mass is 32.2.